The molecule has 2 aromatic carbocycles. The summed E-state index contributed by atoms with van der Waals surface area (Å²) in [7, 11) is 1.62. The lowest BCUT2D eigenvalue weighted by molar-refractivity contribution is 0.0532. The zero-order valence-corrected chi connectivity index (χ0v) is 17.3. The molecule has 0 radical (unpaired) electrons. The summed E-state index contributed by atoms with van der Waals surface area (Å²) in [5.41, 5.74) is 0.302. The van der Waals surface area contributed by atoms with Crippen LogP contribution in [0.2, 0.25) is 0 Å². The smallest absolute Gasteiger partial charge is 0.277 e. The minimum Gasteiger partial charge on any atom is -0.502 e. The average molecular weight is 437 g/mol. The molecule has 0 bridgehead atoms. The van der Waals surface area contributed by atoms with Crippen LogP contribution in [0.4, 0.5) is 8.78 Å². The van der Waals surface area contributed by atoms with E-state index in [0.717, 1.165) is 11.6 Å². The van der Waals surface area contributed by atoms with E-state index in [-0.39, 0.29) is 11.3 Å². The molecule has 1 fully saturated rings. The highest BCUT2D eigenvalue weighted by Crippen LogP contribution is 2.47. The predicted molar refractivity (Wildman–Crippen MR) is 114 cm³/mol. The van der Waals surface area contributed by atoms with Gasteiger partial charge in [0.2, 0.25) is 5.43 Å². The molecule has 1 amide bonds. The van der Waals surface area contributed by atoms with Crippen LogP contribution in [0, 0.1) is 11.6 Å². The van der Waals surface area contributed by atoms with Crippen LogP contribution in [0.3, 0.4) is 0 Å². The molecule has 1 N–H and O–H groups in total. The van der Waals surface area contributed by atoms with Gasteiger partial charge in [0.1, 0.15) is 6.17 Å². The van der Waals surface area contributed by atoms with Crippen molar-refractivity contribution in [1.29, 1.82) is 0 Å². The number of benzene rings is 2. The lowest BCUT2D eigenvalue weighted by atomic mass is 9.79. The van der Waals surface area contributed by atoms with Crippen LogP contribution < -0.4 is 10.4 Å². The van der Waals surface area contributed by atoms with Crippen LogP contribution in [-0.4, -0.2) is 33.8 Å². The lowest BCUT2D eigenvalue weighted by Crippen LogP contribution is -2.63. The van der Waals surface area contributed by atoms with Gasteiger partial charge in [-0.2, -0.15) is 0 Å². The minimum atomic E-state index is -0.913. The van der Waals surface area contributed by atoms with Gasteiger partial charge >= 0.3 is 0 Å². The summed E-state index contributed by atoms with van der Waals surface area (Å²) in [5.74, 6) is -3.33. The Kier molecular flexibility index (Phi) is 4.73. The van der Waals surface area contributed by atoms with E-state index in [1.165, 1.54) is 27.9 Å². The third kappa shape index (κ3) is 2.90. The first kappa shape index (κ1) is 20.2. The summed E-state index contributed by atoms with van der Waals surface area (Å²) in [5, 5.41) is 12.3. The number of carbonyl (C=O) groups excluding carboxylic acids is 1. The number of amides is 1. The maximum Gasteiger partial charge on any atom is 0.277 e. The highest BCUT2D eigenvalue weighted by Gasteiger charge is 2.47. The van der Waals surface area contributed by atoms with Gasteiger partial charge in [0.05, 0.1) is 6.04 Å². The van der Waals surface area contributed by atoms with Crippen molar-refractivity contribution in [2.75, 3.05) is 12.1 Å². The molecule has 8 heteroatoms. The molecule has 0 aliphatic carbocycles. The minimum absolute atomic E-state index is 0.141. The Morgan fingerprint density at radius 3 is 2.47 bits per heavy atom. The molecule has 1 saturated heterocycles. The van der Waals surface area contributed by atoms with Gasteiger partial charge in [-0.25, -0.2) is 8.78 Å². The first-order valence-corrected chi connectivity index (χ1v) is 10.4. The van der Waals surface area contributed by atoms with Crippen molar-refractivity contribution in [3.63, 3.8) is 0 Å². The fourth-order valence-corrected chi connectivity index (χ4v) is 5.02. The van der Waals surface area contributed by atoms with Gasteiger partial charge in [0, 0.05) is 25.2 Å². The molecule has 3 atom stereocenters. The topological polar surface area (TPSA) is 65.8 Å². The second kappa shape index (κ2) is 7.47. The van der Waals surface area contributed by atoms with E-state index in [1.54, 1.807) is 13.1 Å². The maximum atomic E-state index is 14.9. The summed E-state index contributed by atoms with van der Waals surface area (Å²) in [6, 6.07) is 14.3. The van der Waals surface area contributed by atoms with E-state index < -0.39 is 46.8 Å². The number of fused-ring (bicyclic) bond motifs is 3. The fraction of sp³-hybridized carbons (Fsp3) is 0.250. The Morgan fingerprint density at radius 1 is 0.969 bits per heavy atom. The fourth-order valence-electron chi connectivity index (χ4n) is 5.02. The highest BCUT2D eigenvalue weighted by atomic mass is 19.2. The molecule has 2 aliphatic heterocycles. The molecule has 164 valence electrons. The van der Waals surface area contributed by atoms with Crippen molar-refractivity contribution in [2.24, 2.45) is 0 Å². The first-order chi connectivity index (χ1) is 15.4. The zero-order chi connectivity index (χ0) is 22.6. The number of rotatable bonds is 2. The molecular formula is C24H21F2N3O3. The number of hydrogen-bond donors (Lipinski definition) is 1. The normalized spacial score (nSPS) is 22.5. The summed E-state index contributed by atoms with van der Waals surface area (Å²) in [4.78, 5) is 26.6. The quantitative estimate of drug-likeness (QED) is 0.667. The second-order valence-corrected chi connectivity index (χ2v) is 8.18. The molecule has 32 heavy (non-hydrogen) atoms. The summed E-state index contributed by atoms with van der Waals surface area (Å²) in [6.07, 6.45) is 2.07. The third-order valence-corrected chi connectivity index (χ3v) is 6.50. The number of pyridine rings is 1. The van der Waals surface area contributed by atoms with Crippen molar-refractivity contribution >= 4 is 5.91 Å². The van der Waals surface area contributed by atoms with Crippen molar-refractivity contribution in [3.05, 3.63) is 99.5 Å². The lowest BCUT2D eigenvalue weighted by Gasteiger charge is -2.54. The van der Waals surface area contributed by atoms with E-state index in [1.807, 2.05) is 35.3 Å². The molecule has 5 rings (SSSR count). The van der Waals surface area contributed by atoms with E-state index >= 15 is 0 Å². The summed E-state index contributed by atoms with van der Waals surface area (Å²) < 4.78 is 30.5. The SMILES string of the molecule is CN1C(=O)c2c(O)c(=O)ccn2N2C(c3ccccc3)C(c3cccc(F)c3F)CCC12. The molecular weight excluding hydrogens is 416 g/mol. The summed E-state index contributed by atoms with van der Waals surface area (Å²) in [6.45, 7) is 0. The number of halogens is 2. The molecule has 3 heterocycles. The zero-order valence-electron chi connectivity index (χ0n) is 17.3. The molecule has 0 spiro atoms. The van der Waals surface area contributed by atoms with Crippen LogP contribution in [0.25, 0.3) is 0 Å². The number of aromatic nitrogens is 1. The number of hydrogen-bond acceptors (Lipinski definition) is 4. The van der Waals surface area contributed by atoms with Gasteiger partial charge in [0.15, 0.2) is 23.1 Å². The largest absolute Gasteiger partial charge is 0.502 e. The maximum absolute atomic E-state index is 14.9. The van der Waals surface area contributed by atoms with E-state index in [0.29, 0.717) is 12.8 Å². The van der Waals surface area contributed by atoms with Gasteiger partial charge in [0.25, 0.3) is 5.91 Å². The highest BCUT2D eigenvalue weighted by molar-refractivity contribution is 5.96. The van der Waals surface area contributed by atoms with Crippen LogP contribution in [0.5, 0.6) is 5.75 Å². The monoisotopic (exact) mass is 437 g/mol. The van der Waals surface area contributed by atoms with Crippen LogP contribution in [-0.2, 0) is 0 Å². The molecule has 2 aliphatic rings. The van der Waals surface area contributed by atoms with Crippen molar-refractivity contribution in [2.45, 2.75) is 31.0 Å². The van der Waals surface area contributed by atoms with Gasteiger partial charge in [-0.3, -0.25) is 19.3 Å². The molecule has 0 saturated carbocycles. The molecule has 3 unspecified atom stereocenters. The third-order valence-electron chi connectivity index (χ3n) is 6.50. The molecule has 3 aromatic rings. The number of nitrogens with zero attached hydrogens (tertiary/aromatic N) is 3. The van der Waals surface area contributed by atoms with E-state index in [9.17, 15) is 23.5 Å². The Labute approximate surface area is 182 Å². The van der Waals surface area contributed by atoms with Crippen LogP contribution in [0.1, 0.15) is 46.4 Å². The van der Waals surface area contributed by atoms with Gasteiger partial charge in [-0.05, 0) is 30.0 Å². The predicted octanol–water partition coefficient (Wildman–Crippen LogP) is 3.50. The number of aromatic hydroxyl groups is 1. The summed E-state index contributed by atoms with van der Waals surface area (Å²) >= 11 is 0. The standard InChI is InChI=1S/C24H21F2N3O3/c1-27-19-11-10-16(15-8-5-9-17(25)20(15)26)21(14-6-3-2-4-7-14)29(19)28-13-12-18(30)23(31)22(28)24(27)32/h2-9,12-13,16,19,21,31H,10-11H2,1H3. The van der Waals surface area contributed by atoms with Crippen LogP contribution >= 0.6 is 0 Å². The Hall–Kier alpha value is -3.68. The van der Waals surface area contributed by atoms with Crippen molar-refractivity contribution < 1.29 is 18.7 Å². The average Bonchev–Trinajstić information content (AvgIpc) is 2.81. The number of carbonyl (C=O) groups is 1. The second-order valence-electron chi connectivity index (χ2n) is 8.18. The van der Waals surface area contributed by atoms with E-state index in [4.69, 9.17) is 0 Å². The first-order valence-electron chi connectivity index (χ1n) is 10.4. The molecule has 1 aromatic heterocycles. The Balaban J connectivity index is 1.76. The van der Waals surface area contributed by atoms with Crippen molar-refractivity contribution in [3.8, 4) is 5.75 Å². The molecule has 6 nitrogen and oxygen atoms in total. The van der Waals surface area contributed by atoms with Gasteiger partial charge in [-0.1, -0.05) is 42.5 Å². The van der Waals surface area contributed by atoms with E-state index in [2.05, 4.69) is 0 Å². The van der Waals surface area contributed by atoms with Crippen molar-refractivity contribution in [1.82, 2.24) is 9.58 Å². The van der Waals surface area contributed by atoms with Gasteiger partial charge in [-0.15, -0.1) is 0 Å². The number of piperidine rings is 1. The van der Waals surface area contributed by atoms with Gasteiger partial charge < -0.3 is 10.0 Å². The Bertz CT molecular complexity index is 1260. The van der Waals surface area contributed by atoms with Crippen LogP contribution in [0.15, 0.2) is 65.6 Å². The Morgan fingerprint density at radius 2 is 1.72 bits per heavy atom.